The highest BCUT2D eigenvalue weighted by Gasteiger charge is 2.18. The average molecular weight is 312 g/mol. The SMILES string of the molecule is CCc1ccccc1-n1nnc(CN)c1CCC1CCCCC1. The lowest BCUT2D eigenvalue weighted by Crippen LogP contribution is -2.12. The number of nitrogens with zero attached hydrogens (tertiary/aromatic N) is 3. The van der Waals surface area contributed by atoms with E-state index >= 15 is 0 Å². The molecule has 3 rings (SSSR count). The summed E-state index contributed by atoms with van der Waals surface area (Å²) in [4.78, 5) is 0. The fourth-order valence-electron chi connectivity index (χ4n) is 3.77. The molecule has 0 unspecified atom stereocenters. The predicted octanol–water partition coefficient (Wildman–Crippen LogP) is 3.80. The molecule has 1 aliphatic carbocycles. The molecule has 0 radical (unpaired) electrons. The van der Waals surface area contributed by atoms with Crippen LogP contribution < -0.4 is 5.73 Å². The van der Waals surface area contributed by atoms with Gasteiger partial charge in [0.05, 0.1) is 17.1 Å². The number of para-hydroxylation sites is 1. The van der Waals surface area contributed by atoms with Gasteiger partial charge >= 0.3 is 0 Å². The van der Waals surface area contributed by atoms with E-state index in [9.17, 15) is 0 Å². The zero-order valence-electron chi connectivity index (χ0n) is 14.2. The Labute approximate surface area is 139 Å². The van der Waals surface area contributed by atoms with Crippen LogP contribution in [0.2, 0.25) is 0 Å². The molecule has 1 aromatic carbocycles. The molecule has 2 aromatic rings. The van der Waals surface area contributed by atoms with Crippen LogP contribution >= 0.6 is 0 Å². The van der Waals surface area contributed by atoms with Crippen LogP contribution in [0.3, 0.4) is 0 Å². The predicted molar refractivity (Wildman–Crippen MR) is 93.5 cm³/mol. The van der Waals surface area contributed by atoms with Crippen molar-refractivity contribution in [1.82, 2.24) is 15.0 Å². The van der Waals surface area contributed by atoms with Gasteiger partial charge in [0.25, 0.3) is 0 Å². The van der Waals surface area contributed by atoms with Gasteiger partial charge in [0.15, 0.2) is 0 Å². The third-order valence-electron chi connectivity index (χ3n) is 5.15. The lowest BCUT2D eigenvalue weighted by Gasteiger charge is -2.21. The van der Waals surface area contributed by atoms with Crippen molar-refractivity contribution >= 4 is 0 Å². The fraction of sp³-hybridized carbons (Fsp3) is 0.579. The highest BCUT2D eigenvalue weighted by molar-refractivity contribution is 5.42. The second kappa shape index (κ2) is 7.73. The molecular formula is C19H28N4. The van der Waals surface area contributed by atoms with Gasteiger partial charge in [-0.3, -0.25) is 0 Å². The van der Waals surface area contributed by atoms with Crippen LogP contribution in [-0.4, -0.2) is 15.0 Å². The van der Waals surface area contributed by atoms with Gasteiger partial charge in [-0.1, -0.05) is 62.4 Å². The first kappa shape index (κ1) is 16.2. The van der Waals surface area contributed by atoms with Crippen molar-refractivity contribution in [3.05, 3.63) is 41.2 Å². The van der Waals surface area contributed by atoms with E-state index < -0.39 is 0 Å². The highest BCUT2D eigenvalue weighted by Crippen LogP contribution is 2.28. The van der Waals surface area contributed by atoms with Crippen molar-refractivity contribution in [3.63, 3.8) is 0 Å². The van der Waals surface area contributed by atoms with Gasteiger partial charge in [-0.2, -0.15) is 0 Å². The van der Waals surface area contributed by atoms with Crippen molar-refractivity contribution in [2.24, 2.45) is 11.7 Å². The van der Waals surface area contributed by atoms with Gasteiger partial charge in [-0.15, -0.1) is 5.10 Å². The van der Waals surface area contributed by atoms with Gasteiger partial charge in [0, 0.05) is 6.54 Å². The van der Waals surface area contributed by atoms with E-state index in [4.69, 9.17) is 5.73 Å². The second-order valence-electron chi connectivity index (χ2n) is 6.62. The van der Waals surface area contributed by atoms with Crippen molar-refractivity contribution in [2.75, 3.05) is 0 Å². The number of rotatable bonds is 6. The van der Waals surface area contributed by atoms with E-state index in [-0.39, 0.29) is 0 Å². The Morgan fingerprint density at radius 3 is 2.70 bits per heavy atom. The summed E-state index contributed by atoms with van der Waals surface area (Å²) < 4.78 is 2.03. The fourth-order valence-corrected chi connectivity index (χ4v) is 3.77. The van der Waals surface area contributed by atoms with Crippen LogP contribution in [0.4, 0.5) is 0 Å². The first-order chi connectivity index (χ1) is 11.3. The summed E-state index contributed by atoms with van der Waals surface area (Å²) in [5, 5.41) is 8.75. The minimum absolute atomic E-state index is 0.467. The lowest BCUT2D eigenvalue weighted by molar-refractivity contribution is 0.337. The summed E-state index contributed by atoms with van der Waals surface area (Å²) in [5.74, 6) is 0.860. The Morgan fingerprint density at radius 1 is 1.17 bits per heavy atom. The summed E-state index contributed by atoms with van der Waals surface area (Å²) in [6, 6.07) is 8.47. The summed E-state index contributed by atoms with van der Waals surface area (Å²) >= 11 is 0. The largest absolute Gasteiger partial charge is 0.325 e. The minimum Gasteiger partial charge on any atom is -0.325 e. The van der Waals surface area contributed by atoms with Gasteiger partial charge in [-0.05, 0) is 36.8 Å². The minimum atomic E-state index is 0.467. The zero-order chi connectivity index (χ0) is 16.1. The molecule has 4 heteroatoms. The Morgan fingerprint density at radius 2 is 1.96 bits per heavy atom. The second-order valence-corrected chi connectivity index (χ2v) is 6.62. The molecule has 0 aliphatic heterocycles. The van der Waals surface area contributed by atoms with Gasteiger partial charge in [-0.25, -0.2) is 4.68 Å². The molecule has 4 nitrogen and oxygen atoms in total. The molecule has 0 bridgehead atoms. The molecular weight excluding hydrogens is 284 g/mol. The average Bonchev–Trinajstić information content (AvgIpc) is 3.03. The Hall–Kier alpha value is -1.68. The quantitative estimate of drug-likeness (QED) is 0.882. The summed E-state index contributed by atoms with van der Waals surface area (Å²) in [5.41, 5.74) is 10.5. The molecule has 0 amide bonds. The van der Waals surface area contributed by atoms with Crippen LogP contribution in [0.25, 0.3) is 5.69 Å². The molecule has 1 fully saturated rings. The standard InChI is InChI=1S/C19H28N4/c1-2-16-10-6-7-11-18(16)23-19(17(14-20)21-22-23)13-12-15-8-4-3-5-9-15/h6-7,10-11,15H,2-5,8-9,12-14,20H2,1H3. The number of hydrogen-bond donors (Lipinski definition) is 1. The van der Waals surface area contributed by atoms with E-state index in [1.165, 1.54) is 49.8 Å². The summed E-state index contributed by atoms with van der Waals surface area (Å²) in [6.07, 6.45) is 10.2. The zero-order valence-corrected chi connectivity index (χ0v) is 14.2. The van der Waals surface area contributed by atoms with Crippen LogP contribution in [-0.2, 0) is 19.4 Å². The molecule has 23 heavy (non-hydrogen) atoms. The van der Waals surface area contributed by atoms with Crippen LogP contribution in [0, 0.1) is 5.92 Å². The smallest absolute Gasteiger partial charge is 0.0999 e. The Bertz CT molecular complexity index is 626. The Balaban J connectivity index is 1.84. The normalized spacial score (nSPS) is 15.9. The number of aryl methyl sites for hydroxylation is 1. The van der Waals surface area contributed by atoms with E-state index in [2.05, 4.69) is 41.5 Å². The van der Waals surface area contributed by atoms with E-state index in [1.807, 2.05) is 4.68 Å². The topological polar surface area (TPSA) is 56.7 Å². The van der Waals surface area contributed by atoms with Crippen molar-refractivity contribution < 1.29 is 0 Å². The van der Waals surface area contributed by atoms with Crippen molar-refractivity contribution in [1.29, 1.82) is 0 Å². The van der Waals surface area contributed by atoms with Gasteiger partial charge < -0.3 is 5.73 Å². The molecule has 1 aromatic heterocycles. The number of nitrogens with two attached hydrogens (primary N) is 1. The molecule has 124 valence electrons. The molecule has 0 spiro atoms. The molecule has 0 atom stereocenters. The maximum atomic E-state index is 5.91. The Kier molecular flexibility index (Phi) is 5.44. The number of benzene rings is 1. The number of aromatic nitrogens is 3. The van der Waals surface area contributed by atoms with Crippen LogP contribution in [0.5, 0.6) is 0 Å². The van der Waals surface area contributed by atoms with E-state index in [0.29, 0.717) is 6.54 Å². The van der Waals surface area contributed by atoms with Gasteiger partial charge in [0.2, 0.25) is 0 Å². The van der Waals surface area contributed by atoms with Crippen LogP contribution in [0.15, 0.2) is 24.3 Å². The highest BCUT2D eigenvalue weighted by atomic mass is 15.4. The third kappa shape index (κ3) is 3.63. The monoisotopic (exact) mass is 312 g/mol. The summed E-state index contributed by atoms with van der Waals surface area (Å²) in [6.45, 7) is 2.65. The molecule has 1 saturated carbocycles. The van der Waals surface area contributed by atoms with Crippen LogP contribution in [0.1, 0.15) is 62.4 Å². The molecule has 2 N–H and O–H groups in total. The van der Waals surface area contributed by atoms with Crippen molar-refractivity contribution in [2.45, 2.75) is 64.8 Å². The maximum Gasteiger partial charge on any atom is 0.0999 e. The maximum absolute atomic E-state index is 5.91. The molecule has 1 heterocycles. The van der Waals surface area contributed by atoms with Crippen molar-refractivity contribution in [3.8, 4) is 5.69 Å². The third-order valence-corrected chi connectivity index (χ3v) is 5.15. The molecule has 0 saturated heterocycles. The van der Waals surface area contributed by atoms with E-state index in [1.54, 1.807) is 0 Å². The number of hydrogen-bond acceptors (Lipinski definition) is 3. The first-order valence-electron chi connectivity index (χ1n) is 9.05. The summed E-state index contributed by atoms with van der Waals surface area (Å²) in [7, 11) is 0. The van der Waals surface area contributed by atoms with Gasteiger partial charge in [0.1, 0.15) is 0 Å². The molecule has 1 aliphatic rings. The first-order valence-corrected chi connectivity index (χ1v) is 9.05. The lowest BCUT2D eigenvalue weighted by atomic mass is 9.85. The van der Waals surface area contributed by atoms with E-state index in [0.717, 1.165) is 30.1 Å².